The van der Waals surface area contributed by atoms with E-state index in [1.54, 1.807) is 6.07 Å². The lowest BCUT2D eigenvalue weighted by Crippen LogP contribution is -2.51. The van der Waals surface area contributed by atoms with Gasteiger partial charge in [-0.1, -0.05) is 18.2 Å². The lowest BCUT2D eigenvalue weighted by Gasteiger charge is -2.35. The Balaban J connectivity index is 1.10. The molecule has 1 N–H and O–H groups in total. The van der Waals surface area contributed by atoms with Gasteiger partial charge in [0.15, 0.2) is 0 Å². The van der Waals surface area contributed by atoms with Crippen LogP contribution in [0.1, 0.15) is 34.9 Å². The van der Waals surface area contributed by atoms with E-state index in [4.69, 9.17) is 12.6 Å². The second-order valence-corrected chi connectivity index (χ2v) is 10.8. The van der Waals surface area contributed by atoms with Crippen molar-refractivity contribution in [2.24, 2.45) is 0 Å². The summed E-state index contributed by atoms with van der Waals surface area (Å²) in [6, 6.07) is 11.1. The average Bonchev–Trinajstić information content (AvgIpc) is 3.40. The Bertz CT molecular complexity index is 1310. The van der Waals surface area contributed by atoms with Gasteiger partial charge >= 0.3 is 0 Å². The summed E-state index contributed by atoms with van der Waals surface area (Å²) < 4.78 is 19.0. The molecule has 3 aliphatic heterocycles. The van der Waals surface area contributed by atoms with Crippen LogP contribution < -0.4 is 10.2 Å². The van der Waals surface area contributed by atoms with Crippen LogP contribution in [0.2, 0.25) is 0 Å². The number of carbonyl (C=O) groups is 2. The summed E-state index contributed by atoms with van der Waals surface area (Å²) in [5.74, 6) is 0.311. The van der Waals surface area contributed by atoms with Crippen molar-refractivity contribution in [1.29, 1.82) is 0 Å². The van der Waals surface area contributed by atoms with Crippen molar-refractivity contribution in [2.45, 2.75) is 37.3 Å². The number of fused-ring (bicyclic) bond motifs is 2. The number of hydrogen-bond donors (Lipinski definition) is 2. The zero-order valence-electron chi connectivity index (χ0n) is 19.1. The van der Waals surface area contributed by atoms with E-state index in [1.165, 1.54) is 28.7 Å². The molecule has 2 aromatic carbocycles. The van der Waals surface area contributed by atoms with Gasteiger partial charge in [-0.15, -0.1) is 0 Å². The van der Waals surface area contributed by atoms with Gasteiger partial charge < -0.3 is 4.90 Å². The van der Waals surface area contributed by atoms with Gasteiger partial charge in [0, 0.05) is 51.1 Å². The fraction of sp³-hybridized carbons (Fsp3) is 0.400. The maximum atomic E-state index is 13.5. The third-order valence-electron chi connectivity index (χ3n) is 7.26. The number of amides is 2. The van der Waals surface area contributed by atoms with Crippen molar-refractivity contribution in [2.75, 3.05) is 31.1 Å². The minimum Gasteiger partial charge on any atom is -0.353 e. The van der Waals surface area contributed by atoms with Gasteiger partial charge in [0.1, 0.15) is 11.6 Å². The number of nitrogens with zero attached hydrogens (tertiary/aromatic N) is 4. The standard InChI is InChI=1S/C25H26FN5O2S2/c26-17-3-4-18-21(12-17)35-28-23(18)30-9-7-29(8-10-30)13-15-1-2-16-14-31(25(34)19(16)11-15)20-5-6-22(32)27-24(20)33/h1-4,11-12,20,25,34H,5-10,13-14H2,(H,27,32,33). The molecule has 2 fully saturated rings. The second kappa shape index (κ2) is 9.16. The summed E-state index contributed by atoms with van der Waals surface area (Å²) >= 11 is 6.20. The van der Waals surface area contributed by atoms with Crippen molar-refractivity contribution in [3.63, 3.8) is 0 Å². The molecular weight excluding hydrogens is 485 g/mol. The van der Waals surface area contributed by atoms with Crippen molar-refractivity contribution in [3.8, 4) is 0 Å². The smallest absolute Gasteiger partial charge is 0.243 e. The number of anilines is 1. The average molecular weight is 512 g/mol. The molecule has 182 valence electrons. The van der Waals surface area contributed by atoms with E-state index in [9.17, 15) is 14.0 Å². The lowest BCUT2D eigenvalue weighted by molar-refractivity contribution is -0.137. The van der Waals surface area contributed by atoms with E-state index in [1.807, 2.05) is 6.07 Å². The third-order valence-corrected chi connectivity index (χ3v) is 8.63. The Morgan fingerprint density at radius 1 is 1.11 bits per heavy atom. The number of imide groups is 1. The van der Waals surface area contributed by atoms with Gasteiger partial charge in [-0.2, -0.15) is 17.0 Å². The van der Waals surface area contributed by atoms with Crippen LogP contribution in [0.15, 0.2) is 36.4 Å². The van der Waals surface area contributed by atoms with E-state index in [-0.39, 0.29) is 29.0 Å². The molecule has 0 bridgehead atoms. The summed E-state index contributed by atoms with van der Waals surface area (Å²) in [5.41, 5.74) is 3.57. The van der Waals surface area contributed by atoms with Crippen LogP contribution in [-0.4, -0.2) is 58.2 Å². The van der Waals surface area contributed by atoms with Crippen LogP contribution in [0.5, 0.6) is 0 Å². The highest BCUT2D eigenvalue weighted by molar-refractivity contribution is 7.80. The number of carbonyl (C=O) groups excluding carboxylic acids is 2. The van der Waals surface area contributed by atoms with E-state index in [0.717, 1.165) is 54.2 Å². The molecule has 0 radical (unpaired) electrons. The number of piperidine rings is 1. The number of halogens is 1. The second-order valence-electron chi connectivity index (χ2n) is 9.46. The molecule has 35 heavy (non-hydrogen) atoms. The Labute approximate surface area is 212 Å². The topological polar surface area (TPSA) is 68.8 Å². The molecule has 6 rings (SSSR count). The first-order chi connectivity index (χ1) is 17.0. The minimum atomic E-state index is -0.322. The van der Waals surface area contributed by atoms with Crippen molar-refractivity contribution in [3.05, 3.63) is 58.9 Å². The maximum Gasteiger partial charge on any atom is 0.243 e. The van der Waals surface area contributed by atoms with Crippen molar-refractivity contribution >= 4 is 51.9 Å². The summed E-state index contributed by atoms with van der Waals surface area (Å²) in [5, 5.41) is 3.32. The van der Waals surface area contributed by atoms with Crippen LogP contribution in [0.3, 0.4) is 0 Å². The normalized spacial score (nSPS) is 23.7. The van der Waals surface area contributed by atoms with Crippen molar-refractivity contribution < 1.29 is 14.0 Å². The molecule has 0 aliphatic carbocycles. The molecule has 3 aromatic rings. The Hall–Kier alpha value is -2.53. The summed E-state index contributed by atoms with van der Waals surface area (Å²) in [6.45, 7) is 5.11. The summed E-state index contributed by atoms with van der Waals surface area (Å²) in [4.78, 5) is 30.7. The molecule has 0 saturated carbocycles. The first-order valence-corrected chi connectivity index (χ1v) is 13.2. The third kappa shape index (κ3) is 4.33. The highest BCUT2D eigenvalue weighted by Crippen LogP contribution is 2.40. The first kappa shape index (κ1) is 22.9. The van der Waals surface area contributed by atoms with E-state index < -0.39 is 0 Å². The number of nitrogens with one attached hydrogen (secondary N) is 1. The highest BCUT2D eigenvalue weighted by atomic mass is 32.1. The van der Waals surface area contributed by atoms with Gasteiger partial charge in [-0.05, 0) is 52.8 Å². The van der Waals surface area contributed by atoms with E-state index in [0.29, 0.717) is 19.4 Å². The van der Waals surface area contributed by atoms with Gasteiger partial charge in [0.25, 0.3) is 0 Å². The molecule has 1 aromatic heterocycles. The zero-order valence-corrected chi connectivity index (χ0v) is 20.8. The van der Waals surface area contributed by atoms with Crippen LogP contribution in [0.4, 0.5) is 10.2 Å². The number of thiol groups is 1. The summed E-state index contributed by atoms with van der Waals surface area (Å²) in [6.07, 6.45) is 0.907. The summed E-state index contributed by atoms with van der Waals surface area (Å²) in [7, 11) is 0. The van der Waals surface area contributed by atoms with Crippen LogP contribution in [0.25, 0.3) is 10.1 Å². The monoisotopic (exact) mass is 511 g/mol. The minimum absolute atomic E-state index is 0.159. The Morgan fingerprint density at radius 2 is 1.94 bits per heavy atom. The Kier molecular flexibility index (Phi) is 6.00. The maximum absolute atomic E-state index is 13.5. The zero-order chi connectivity index (χ0) is 24.1. The van der Waals surface area contributed by atoms with Crippen molar-refractivity contribution in [1.82, 2.24) is 19.5 Å². The quantitative estimate of drug-likeness (QED) is 0.414. The molecular formula is C25H26FN5O2S2. The predicted molar refractivity (Wildman–Crippen MR) is 137 cm³/mol. The number of benzene rings is 2. The molecule has 3 aliphatic rings. The number of piperazine rings is 1. The molecule has 7 nitrogen and oxygen atoms in total. The SMILES string of the molecule is O=C1CCC(N2Cc3ccc(CN4CCN(c5nsc6cc(F)ccc56)CC4)cc3C2S)C(=O)N1. The Morgan fingerprint density at radius 3 is 2.74 bits per heavy atom. The van der Waals surface area contributed by atoms with Gasteiger partial charge in [-0.3, -0.25) is 24.7 Å². The van der Waals surface area contributed by atoms with Crippen LogP contribution in [-0.2, 0) is 22.7 Å². The fourth-order valence-electron chi connectivity index (χ4n) is 5.37. The van der Waals surface area contributed by atoms with Crippen LogP contribution >= 0.6 is 24.2 Å². The molecule has 2 atom stereocenters. The van der Waals surface area contributed by atoms with Gasteiger partial charge in [-0.25, -0.2) is 4.39 Å². The molecule has 0 spiro atoms. The van der Waals surface area contributed by atoms with Gasteiger partial charge in [0.2, 0.25) is 11.8 Å². The highest BCUT2D eigenvalue weighted by Gasteiger charge is 2.39. The number of hydrogen-bond acceptors (Lipinski definition) is 8. The number of aromatic nitrogens is 1. The van der Waals surface area contributed by atoms with Gasteiger partial charge in [0.05, 0.1) is 16.1 Å². The molecule has 10 heteroatoms. The molecule has 2 amide bonds. The van der Waals surface area contributed by atoms with E-state index in [2.05, 4.69) is 42.6 Å². The predicted octanol–water partition coefficient (Wildman–Crippen LogP) is 3.31. The lowest BCUT2D eigenvalue weighted by atomic mass is 10.0. The van der Waals surface area contributed by atoms with E-state index >= 15 is 0 Å². The molecule has 4 heterocycles. The molecule has 2 saturated heterocycles. The first-order valence-electron chi connectivity index (χ1n) is 11.9. The fourth-order valence-corrected chi connectivity index (χ4v) is 6.67. The molecule has 2 unspecified atom stereocenters. The largest absolute Gasteiger partial charge is 0.353 e. The number of rotatable bonds is 4. The van der Waals surface area contributed by atoms with Crippen LogP contribution in [0, 0.1) is 5.82 Å².